The Morgan fingerprint density at radius 3 is 2.57 bits per heavy atom. The second kappa shape index (κ2) is 11.4. The molecule has 2 fully saturated rings. The zero-order valence-corrected chi connectivity index (χ0v) is 20.8. The van der Waals surface area contributed by atoms with Crippen molar-refractivity contribution in [1.82, 2.24) is 20.5 Å². The Morgan fingerprint density at radius 1 is 1.11 bits per heavy atom. The number of aromatic nitrogens is 1. The predicted octanol–water partition coefficient (Wildman–Crippen LogP) is 2.29. The molecule has 3 heterocycles. The van der Waals surface area contributed by atoms with Gasteiger partial charge in [0.15, 0.2) is 11.5 Å². The van der Waals surface area contributed by atoms with Crippen LogP contribution in [0.2, 0.25) is 0 Å². The summed E-state index contributed by atoms with van der Waals surface area (Å²) >= 11 is 0. The summed E-state index contributed by atoms with van der Waals surface area (Å²) in [5, 5.41) is 7.36. The maximum absolute atomic E-state index is 12.5. The van der Waals surface area contributed by atoms with Gasteiger partial charge >= 0.3 is 6.09 Å². The van der Waals surface area contributed by atoms with E-state index in [9.17, 15) is 9.59 Å². The second-order valence-electron chi connectivity index (χ2n) is 8.76. The lowest BCUT2D eigenvalue weighted by Crippen LogP contribution is -2.49. The quantitative estimate of drug-likeness (QED) is 0.616. The Balaban J connectivity index is 1.62. The molecule has 0 unspecified atom stereocenters. The van der Waals surface area contributed by atoms with E-state index in [0.29, 0.717) is 50.8 Å². The van der Waals surface area contributed by atoms with E-state index in [2.05, 4.69) is 21.6 Å². The van der Waals surface area contributed by atoms with Crippen LogP contribution in [0.15, 0.2) is 18.2 Å². The van der Waals surface area contributed by atoms with Crippen LogP contribution in [0.4, 0.5) is 10.6 Å². The minimum absolute atomic E-state index is 0.0484. The number of rotatable bonds is 7. The largest absolute Gasteiger partial charge is 0.493 e. The summed E-state index contributed by atoms with van der Waals surface area (Å²) in [6, 6.07) is 5.67. The SMILES string of the molecule is CCOC(=O)N1CCN(c2nc3cc(OC)c(OC)cc3cc2CN[C@H]2CCCCNC2=O)CC1. The first-order valence-electron chi connectivity index (χ1n) is 12.3. The summed E-state index contributed by atoms with van der Waals surface area (Å²) in [5.41, 5.74) is 1.78. The van der Waals surface area contributed by atoms with Gasteiger partial charge in [0.1, 0.15) is 5.82 Å². The lowest BCUT2D eigenvalue weighted by Gasteiger charge is -2.36. The van der Waals surface area contributed by atoms with Gasteiger partial charge in [-0.25, -0.2) is 9.78 Å². The Bertz CT molecular complexity index is 1050. The number of carbonyl (C=O) groups excluding carboxylic acids is 2. The highest BCUT2D eigenvalue weighted by atomic mass is 16.6. The molecule has 35 heavy (non-hydrogen) atoms. The number of nitrogens with zero attached hydrogens (tertiary/aromatic N) is 3. The number of piperazine rings is 1. The molecule has 2 aliphatic heterocycles. The molecule has 4 rings (SSSR count). The second-order valence-corrected chi connectivity index (χ2v) is 8.76. The zero-order chi connectivity index (χ0) is 24.8. The number of anilines is 1. The van der Waals surface area contributed by atoms with Gasteiger partial charge in [0.2, 0.25) is 5.91 Å². The van der Waals surface area contributed by atoms with Crippen molar-refractivity contribution < 1.29 is 23.8 Å². The molecular formula is C25H35N5O5. The van der Waals surface area contributed by atoms with Crippen LogP contribution in [-0.2, 0) is 16.1 Å². The maximum Gasteiger partial charge on any atom is 0.409 e. The molecule has 1 aromatic carbocycles. The smallest absolute Gasteiger partial charge is 0.409 e. The first-order valence-corrected chi connectivity index (χ1v) is 12.3. The van der Waals surface area contributed by atoms with Crippen molar-refractivity contribution in [3.05, 3.63) is 23.8 Å². The number of pyridine rings is 1. The van der Waals surface area contributed by atoms with Crippen LogP contribution in [0.1, 0.15) is 31.7 Å². The van der Waals surface area contributed by atoms with Crippen molar-refractivity contribution >= 4 is 28.7 Å². The molecule has 10 nitrogen and oxygen atoms in total. The summed E-state index contributed by atoms with van der Waals surface area (Å²) in [6.07, 6.45) is 2.54. The van der Waals surface area contributed by atoms with Crippen LogP contribution >= 0.6 is 0 Å². The van der Waals surface area contributed by atoms with Crippen LogP contribution < -0.4 is 25.0 Å². The lowest BCUT2D eigenvalue weighted by molar-refractivity contribution is -0.122. The minimum Gasteiger partial charge on any atom is -0.493 e. The number of hydrogen-bond donors (Lipinski definition) is 2. The molecule has 2 N–H and O–H groups in total. The number of benzene rings is 1. The topological polar surface area (TPSA) is 105 Å². The van der Waals surface area contributed by atoms with Crippen LogP contribution in [0.25, 0.3) is 10.9 Å². The Kier molecular flexibility index (Phi) is 8.12. The van der Waals surface area contributed by atoms with Crippen LogP contribution in [0.3, 0.4) is 0 Å². The van der Waals surface area contributed by atoms with E-state index in [1.807, 2.05) is 19.1 Å². The fourth-order valence-corrected chi connectivity index (χ4v) is 4.62. The number of nitrogens with one attached hydrogen (secondary N) is 2. The molecule has 1 atom stereocenters. The number of hydrogen-bond acceptors (Lipinski definition) is 8. The molecule has 0 bridgehead atoms. The van der Waals surface area contributed by atoms with Gasteiger partial charge in [0.25, 0.3) is 0 Å². The van der Waals surface area contributed by atoms with Gasteiger partial charge in [0.05, 0.1) is 32.4 Å². The van der Waals surface area contributed by atoms with E-state index < -0.39 is 0 Å². The standard InChI is InChI=1S/C25H35N5O5/c1-4-35-25(32)30-11-9-29(10-12-30)23-18(16-27-19-7-5-6-8-26-24(19)31)13-17-14-21(33-2)22(34-3)15-20(17)28-23/h13-15,19,27H,4-12,16H2,1-3H3,(H,26,31)/t19-/m0/s1. The third-order valence-electron chi connectivity index (χ3n) is 6.56. The number of ether oxygens (including phenoxy) is 3. The zero-order valence-electron chi connectivity index (χ0n) is 20.8. The number of fused-ring (bicyclic) bond motifs is 1. The summed E-state index contributed by atoms with van der Waals surface area (Å²) < 4.78 is 16.1. The highest BCUT2D eigenvalue weighted by Crippen LogP contribution is 2.34. The van der Waals surface area contributed by atoms with E-state index >= 15 is 0 Å². The van der Waals surface area contributed by atoms with Gasteiger partial charge in [-0.05, 0) is 38.3 Å². The summed E-state index contributed by atoms with van der Waals surface area (Å²) in [7, 11) is 3.22. The summed E-state index contributed by atoms with van der Waals surface area (Å²) in [6.45, 7) is 5.80. The van der Waals surface area contributed by atoms with E-state index in [1.165, 1.54) is 0 Å². The van der Waals surface area contributed by atoms with Crippen molar-refractivity contribution in [2.24, 2.45) is 0 Å². The van der Waals surface area contributed by atoms with Crippen molar-refractivity contribution in [1.29, 1.82) is 0 Å². The van der Waals surface area contributed by atoms with Crippen molar-refractivity contribution in [3.63, 3.8) is 0 Å². The molecule has 10 heteroatoms. The molecule has 2 amide bonds. The summed E-state index contributed by atoms with van der Waals surface area (Å²) in [4.78, 5) is 33.5. The van der Waals surface area contributed by atoms with E-state index in [0.717, 1.165) is 48.1 Å². The van der Waals surface area contributed by atoms with Crippen molar-refractivity contribution in [2.45, 2.75) is 38.8 Å². The van der Waals surface area contributed by atoms with Crippen molar-refractivity contribution in [3.8, 4) is 11.5 Å². The monoisotopic (exact) mass is 485 g/mol. The van der Waals surface area contributed by atoms with Crippen LogP contribution in [-0.4, -0.2) is 81.5 Å². The molecule has 0 saturated carbocycles. The Hall–Kier alpha value is -3.27. The van der Waals surface area contributed by atoms with Gasteiger partial charge in [0, 0.05) is 56.3 Å². The molecule has 0 radical (unpaired) electrons. The minimum atomic E-state index is -0.281. The van der Waals surface area contributed by atoms with Gasteiger partial charge in [-0.2, -0.15) is 0 Å². The van der Waals surface area contributed by atoms with Crippen molar-refractivity contribution in [2.75, 3.05) is 58.5 Å². The molecule has 190 valence electrons. The van der Waals surface area contributed by atoms with E-state index in [1.54, 1.807) is 19.1 Å². The number of carbonyl (C=O) groups is 2. The van der Waals surface area contributed by atoms with Gasteiger partial charge in [-0.1, -0.05) is 0 Å². The fourth-order valence-electron chi connectivity index (χ4n) is 4.62. The Labute approximate surface area is 205 Å². The Morgan fingerprint density at radius 2 is 1.86 bits per heavy atom. The van der Waals surface area contributed by atoms with Crippen LogP contribution in [0, 0.1) is 0 Å². The first-order chi connectivity index (χ1) is 17.0. The number of amides is 2. The first kappa shape index (κ1) is 24.8. The lowest BCUT2D eigenvalue weighted by atomic mass is 10.1. The number of methoxy groups -OCH3 is 2. The van der Waals surface area contributed by atoms with E-state index in [4.69, 9.17) is 19.2 Å². The maximum atomic E-state index is 12.5. The van der Waals surface area contributed by atoms with Gasteiger partial charge < -0.3 is 34.6 Å². The average Bonchev–Trinajstić information content (AvgIpc) is 3.09. The van der Waals surface area contributed by atoms with Crippen LogP contribution in [0.5, 0.6) is 11.5 Å². The summed E-state index contributed by atoms with van der Waals surface area (Å²) in [5.74, 6) is 2.15. The predicted molar refractivity (Wildman–Crippen MR) is 133 cm³/mol. The van der Waals surface area contributed by atoms with E-state index in [-0.39, 0.29) is 18.0 Å². The normalized spacial score (nSPS) is 18.7. The highest BCUT2D eigenvalue weighted by Gasteiger charge is 2.26. The third-order valence-corrected chi connectivity index (χ3v) is 6.56. The molecule has 2 aromatic rings. The van der Waals surface area contributed by atoms with Gasteiger partial charge in [-0.3, -0.25) is 4.79 Å². The molecule has 2 saturated heterocycles. The molecule has 0 spiro atoms. The molecule has 1 aromatic heterocycles. The average molecular weight is 486 g/mol. The third kappa shape index (κ3) is 5.70. The molecule has 2 aliphatic rings. The fraction of sp³-hybridized carbons (Fsp3) is 0.560. The molecular weight excluding hydrogens is 450 g/mol. The highest BCUT2D eigenvalue weighted by molar-refractivity contribution is 5.86. The molecule has 0 aliphatic carbocycles. The van der Waals surface area contributed by atoms with Gasteiger partial charge in [-0.15, -0.1) is 0 Å².